The first kappa shape index (κ1) is 14.2. The number of rotatable bonds is 2. The molecule has 5 nitrogen and oxygen atoms in total. The maximum Gasteiger partial charge on any atom is 0.407 e. The van der Waals surface area contributed by atoms with E-state index in [-0.39, 0.29) is 6.04 Å². The van der Waals surface area contributed by atoms with E-state index in [0.717, 1.165) is 5.75 Å². The fourth-order valence-electron chi connectivity index (χ4n) is 1.61. The van der Waals surface area contributed by atoms with Crippen molar-refractivity contribution in [2.75, 3.05) is 11.5 Å². The highest BCUT2D eigenvalue weighted by Crippen LogP contribution is 2.23. The Morgan fingerprint density at radius 3 is 2.59 bits per heavy atom. The lowest BCUT2D eigenvalue weighted by Gasteiger charge is -2.30. The number of carbonyl (C=O) groups excluding carboxylic acids is 1. The molecule has 6 heteroatoms. The molecule has 0 aliphatic carbocycles. The van der Waals surface area contributed by atoms with Gasteiger partial charge in [0.15, 0.2) is 0 Å². The van der Waals surface area contributed by atoms with Gasteiger partial charge in [-0.05, 0) is 32.9 Å². The summed E-state index contributed by atoms with van der Waals surface area (Å²) in [5.41, 5.74) is -0.563. The summed E-state index contributed by atoms with van der Waals surface area (Å²) in [5, 5.41) is 11.7. The Hall–Kier alpha value is -0.910. The van der Waals surface area contributed by atoms with Crippen molar-refractivity contribution < 1.29 is 19.4 Å². The maximum absolute atomic E-state index is 11.6. The number of carboxylic acids is 1. The number of hydrogen-bond acceptors (Lipinski definition) is 4. The first-order valence-electron chi connectivity index (χ1n) is 5.59. The SMILES string of the molecule is CC(C)(C)OC(=O)N[C@H]1CCSC[C@@H]1C(=O)O. The van der Waals surface area contributed by atoms with Crippen LogP contribution in [0.3, 0.4) is 0 Å². The Balaban J connectivity index is 2.53. The van der Waals surface area contributed by atoms with Gasteiger partial charge in [0, 0.05) is 11.8 Å². The second-order valence-electron chi connectivity index (χ2n) is 5.06. The van der Waals surface area contributed by atoms with Crippen LogP contribution in [0.5, 0.6) is 0 Å². The molecule has 2 atom stereocenters. The third-order valence-electron chi connectivity index (χ3n) is 2.38. The van der Waals surface area contributed by atoms with Crippen LogP contribution in [0.2, 0.25) is 0 Å². The topological polar surface area (TPSA) is 75.6 Å². The number of aliphatic carboxylic acids is 1. The lowest BCUT2D eigenvalue weighted by atomic mass is 9.99. The molecule has 0 spiro atoms. The van der Waals surface area contributed by atoms with Gasteiger partial charge in [-0.2, -0.15) is 11.8 Å². The van der Waals surface area contributed by atoms with E-state index in [4.69, 9.17) is 9.84 Å². The highest BCUT2D eigenvalue weighted by atomic mass is 32.2. The zero-order chi connectivity index (χ0) is 13.1. The van der Waals surface area contributed by atoms with Crippen molar-refractivity contribution in [3.63, 3.8) is 0 Å². The Labute approximate surface area is 105 Å². The minimum Gasteiger partial charge on any atom is -0.481 e. The second-order valence-corrected chi connectivity index (χ2v) is 6.21. The van der Waals surface area contributed by atoms with Gasteiger partial charge in [0.1, 0.15) is 5.60 Å². The van der Waals surface area contributed by atoms with E-state index in [9.17, 15) is 9.59 Å². The minimum atomic E-state index is -0.863. The molecule has 0 aromatic heterocycles. The van der Waals surface area contributed by atoms with Gasteiger partial charge in [-0.15, -0.1) is 0 Å². The molecule has 0 bridgehead atoms. The zero-order valence-corrected chi connectivity index (χ0v) is 11.2. The molecule has 17 heavy (non-hydrogen) atoms. The summed E-state index contributed by atoms with van der Waals surface area (Å²) >= 11 is 1.60. The van der Waals surface area contributed by atoms with E-state index in [1.807, 2.05) is 0 Å². The van der Waals surface area contributed by atoms with Gasteiger partial charge in [-0.1, -0.05) is 0 Å². The number of carboxylic acid groups (broad SMARTS) is 1. The van der Waals surface area contributed by atoms with E-state index in [1.165, 1.54) is 0 Å². The minimum absolute atomic E-state index is 0.330. The van der Waals surface area contributed by atoms with Crippen LogP contribution in [-0.4, -0.2) is 40.3 Å². The predicted octanol–water partition coefficient (Wildman–Crippen LogP) is 1.72. The van der Waals surface area contributed by atoms with E-state index in [1.54, 1.807) is 32.5 Å². The highest BCUT2D eigenvalue weighted by molar-refractivity contribution is 7.99. The van der Waals surface area contributed by atoms with Crippen LogP contribution in [0.15, 0.2) is 0 Å². The molecule has 0 unspecified atom stereocenters. The fraction of sp³-hybridized carbons (Fsp3) is 0.818. The Kier molecular flexibility index (Phi) is 4.68. The average Bonchev–Trinajstić information content (AvgIpc) is 2.14. The van der Waals surface area contributed by atoms with Crippen LogP contribution in [0.4, 0.5) is 4.79 Å². The molecule has 0 radical (unpaired) electrons. The summed E-state index contributed by atoms with van der Waals surface area (Å²) in [6.45, 7) is 5.33. The van der Waals surface area contributed by atoms with E-state index >= 15 is 0 Å². The van der Waals surface area contributed by atoms with Gasteiger partial charge in [-0.3, -0.25) is 4.79 Å². The fourth-order valence-corrected chi connectivity index (χ4v) is 2.83. The van der Waals surface area contributed by atoms with Crippen molar-refractivity contribution in [1.82, 2.24) is 5.32 Å². The Morgan fingerprint density at radius 2 is 2.06 bits per heavy atom. The summed E-state index contributed by atoms with van der Waals surface area (Å²) in [5.74, 6) is 0.0135. The van der Waals surface area contributed by atoms with Crippen molar-refractivity contribution in [3.05, 3.63) is 0 Å². The summed E-state index contributed by atoms with van der Waals surface area (Å²) in [4.78, 5) is 22.6. The molecule has 1 rings (SSSR count). The Morgan fingerprint density at radius 1 is 1.41 bits per heavy atom. The molecule has 1 fully saturated rings. The molecule has 1 amide bonds. The molecular formula is C11H19NO4S. The van der Waals surface area contributed by atoms with Crippen molar-refractivity contribution >= 4 is 23.8 Å². The number of amides is 1. The summed E-state index contributed by atoms with van der Waals surface area (Å²) in [6, 6.07) is -0.330. The third kappa shape index (κ3) is 4.85. The maximum atomic E-state index is 11.6. The van der Waals surface area contributed by atoms with Crippen LogP contribution in [0.1, 0.15) is 27.2 Å². The van der Waals surface area contributed by atoms with Crippen LogP contribution < -0.4 is 5.32 Å². The molecule has 0 saturated carbocycles. The molecule has 0 aromatic rings. The smallest absolute Gasteiger partial charge is 0.407 e. The van der Waals surface area contributed by atoms with Crippen molar-refractivity contribution in [3.8, 4) is 0 Å². The summed E-state index contributed by atoms with van der Waals surface area (Å²) in [7, 11) is 0. The molecule has 1 aliphatic rings. The summed E-state index contributed by atoms with van der Waals surface area (Å²) in [6.07, 6.45) is 0.126. The number of hydrogen-bond donors (Lipinski definition) is 2. The first-order chi connectivity index (χ1) is 7.79. The van der Waals surface area contributed by atoms with Crippen molar-refractivity contribution in [2.45, 2.75) is 38.8 Å². The normalized spacial score (nSPS) is 25.1. The number of carbonyl (C=O) groups is 2. The lowest BCUT2D eigenvalue weighted by molar-refractivity contribution is -0.141. The number of thioether (sulfide) groups is 1. The first-order valence-corrected chi connectivity index (χ1v) is 6.75. The average molecular weight is 261 g/mol. The van der Waals surface area contributed by atoms with Crippen molar-refractivity contribution in [1.29, 1.82) is 0 Å². The van der Waals surface area contributed by atoms with E-state index in [0.29, 0.717) is 12.2 Å². The zero-order valence-electron chi connectivity index (χ0n) is 10.4. The van der Waals surface area contributed by atoms with Crippen LogP contribution in [0, 0.1) is 5.92 Å². The van der Waals surface area contributed by atoms with Gasteiger partial charge >= 0.3 is 12.1 Å². The van der Waals surface area contributed by atoms with Crippen LogP contribution in [-0.2, 0) is 9.53 Å². The quantitative estimate of drug-likeness (QED) is 0.791. The van der Waals surface area contributed by atoms with E-state index in [2.05, 4.69) is 5.32 Å². The Bertz CT molecular complexity index is 300. The monoisotopic (exact) mass is 261 g/mol. The van der Waals surface area contributed by atoms with Gasteiger partial charge in [-0.25, -0.2) is 4.79 Å². The van der Waals surface area contributed by atoms with Gasteiger partial charge in [0.25, 0.3) is 0 Å². The second kappa shape index (κ2) is 5.62. The third-order valence-corrected chi connectivity index (χ3v) is 3.49. The molecule has 1 heterocycles. The molecular weight excluding hydrogens is 242 g/mol. The van der Waals surface area contributed by atoms with Crippen LogP contribution in [0.25, 0.3) is 0 Å². The number of alkyl carbamates (subject to hydrolysis) is 1. The molecule has 98 valence electrons. The van der Waals surface area contributed by atoms with Gasteiger partial charge < -0.3 is 15.2 Å². The highest BCUT2D eigenvalue weighted by Gasteiger charge is 2.33. The van der Waals surface area contributed by atoms with Crippen molar-refractivity contribution in [2.24, 2.45) is 5.92 Å². The predicted molar refractivity (Wildman–Crippen MR) is 66.2 cm³/mol. The van der Waals surface area contributed by atoms with Gasteiger partial charge in [0.05, 0.1) is 5.92 Å². The molecule has 1 aliphatic heterocycles. The van der Waals surface area contributed by atoms with Gasteiger partial charge in [0.2, 0.25) is 0 Å². The largest absolute Gasteiger partial charge is 0.481 e. The molecule has 1 saturated heterocycles. The summed E-state index contributed by atoms with van der Waals surface area (Å²) < 4.78 is 5.12. The van der Waals surface area contributed by atoms with E-state index < -0.39 is 23.6 Å². The number of ether oxygens (including phenoxy) is 1. The standard InChI is InChI=1S/C11H19NO4S/c1-11(2,3)16-10(15)12-8-4-5-17-6-7(8)9(13)14/h7-8H,4-6H2,1-3H3,(H,12,15)(H,13,14)/t7-,8-/m0/s1. The molecule has 0 aromatic carbocycles. The van der Waals surface area contributed by atoms with Crippen LogP contribution >= 0.6 is 11.8 Å². The lowest BCUT2D eigenvalue weighted by Crippen LogP contribution is -2.48. The molecule has 2 N–H and O–H groups in total. The number of nitrogens with one attached hydrogen (secondary N) is 1.